The van der Waals surface area contributed by atoms with E-state index in [4.69, 9.17) is 9.15 Å². The van der Waals surface area contributed by atoms with Gasteiger partial charge in [-0.2, -0.15) is 0 Å². The average Bonchev–Trinajstić information content (AvgIpc) is 3.26. The Bertz CT molecular complexity index is 694. The Morgan fingerprint density at radius 3 is 2.76 bits per heavy atom. The summed E-state index contributed by atoms with van der Waals surface area (Å²) in [6, 6.07) is 2.80. The highest BCUT2D eigenvalue weighted by Gasteiger charge is 2.43. The molecule has 0 aliphatic carbocycles. The lowest BCUT2D eigenvalue weighted by Gasteiger charge is -2.29. The topological polar surface area (TPSA) is 78.3 Å². The number of urea groups is 1. The van der Waals surface area contributed by atoms with Crippen molar-refractivity contribution < 1.29 is 18.7 Å². The van der Waals surface area contributed by atoms with Gasteiger partial charge in [-0.05, 0) is 12.1 Å². The first kappa shape index (κ1) is 16.2. The summed E-state index contributed by atoms with van der Waals surface area (Å²) in [4.78, 5) is 30.9. The Morgan fingerprint density at radius 2 is 2.04 bits per heavy atom. The Hall–Kier alpha value is -2.32. The molecule has 1 saturated heterocycles. The molecule has 4 heterocycles. The number of morpholine rings is 1. The number of furan rings is 1. The molecule has 0 saturated carbocycles. The molecule has 1 N–H and O–H groups in total. The smallest absolute Gasteiger partial charge is 0.322 e. The predicted octanol–water partition coefficient (Wildman–Crippen LogP) is 0.404. The lowest BCUT2D eigenvalue weighted by atomic mass is 10.0. The Balaban J connectivity index is 1.51. The quantitative estimate of drug-likeness (QED) is 0.854. The van der Waals surface area contributed by atoms with Crippen molar-refractivity contribution in [2.45, 2.75) is 6.04 Å². The number of hydrogen-bond acceptors (Lipinski definition) is 5. The molecule has 25 heavy (non-hydrogen) atoms. The minimum absolute atomic E-state index is 0.0310. The number of amides is 3. The predicted molar refractivity (Wildman–Crippen MR) is 88.6 cm³/mol. The number of carbonyl (C=O) groups is 2. The van der Waals surface area contributed by atoms with E-state index in [0.717, 1.165) is 38.5 Å². The molecule has 3 aliphatic rings. The van der Waals surface area contributed by atoms with Crippen molar-refractivity contribution in [1.29, 1.82) is 0 Å². The lowest BCUT2D eigenvalue weighted by molar-refractivity contribution is -0.126. The largest absolute Gasteiger partial charge is 0.467 e. The fraction of sp³-hybridized carbons (Fsp3) is 0.529. The number of nitrogens with zero attached hydrogens (tertiary/aromatic N) is 3. The summed E-state index contributed by atoms with van der Waals surface area (Å²) in [7, 11) is 1.70. The van der Waals surface area contributed by atoms with Gasteiger partial charge in [-0.15, -0.1) is 0 Å². The Labute approximate surface area is 146 Å². The number of ether oxygens (including phenoxy) is 1. The molecule has 3 amide bonds. The first-order chi connectivity index (χ1) is 12.1. The van der Waals surface area contributed by atoms with E-state index in [-0.39, 0.29) is 11.9 Å². The van der Waals surface area contributed by atoms with E-state index in [1.165, 1.54) is 4.90 Å². The number of hydrogen-bond donors (Lipinski definition) is 1. The molecule has 1 unspecified atom stereocenters. The van der Waals surface area contributed by atoms with Gasteiger partial charge in [0.2, 0.25) is 0 Å². The van der Waals surface area contributed by atoms with Crippen LogP contribution in [0.1, 0.15) is 11.8 Å². The van der Waals surface area contributed by atoms with Gasteiger partial charge in [-0.1, -0.05) is 0 Å². The molecule has 0 spiro atoms. The molecular formula is C17H22N4O4. The van der Waals surface area contributed by atoms with Crippen LogP contribution in [0.3, 0.4) is 0 Å². The van der Waals surface area contributed by atoms with Crippen LogP contribution >= 0.6 is 0 Å². The first-order valence-corrected chi connectivity index (χ1v) is 8.55. The van der Waals surface area contributed by atoms with Gasteiger partial charge < -0.3 is 19.4 Å². The maximum atomic E-state index is 13.0. The lowest BCUT2D eigenvalue weighted by Crippen LogP contribution is -2.45. The van der Waals surface area contributed by atoms with Gasteiger partial charge in [-0.25, -0.2) is 4.79 Å². The summed E-state index contributed by atoms with van der Waals surface area (Å²) >= 11 is 0. The van der Waals surface area contributed by atoms with E-state index in [2.05, 4.69) is 10.2 Å². The van der Waals surface area contributed by atoms with Crippen molar-refractivity contribution in [2.24, 2.45) is 0 Å². The van der Waals surface area contributed by atoms with Crippen LogP contribution < -0.4 is 5.32 Å². The minimum Gasteiger partial charge on any atom is -0.467 e. The molecule has 3 aliphatic heterocycles. The third-order valence-corrected chi connectivity index (χ3v) is 5.05. The van der Waals surface area contributed by atoms with E-state index in [1.807, 2.05) is 4.90 Å². The normalized spacial score (nSPS) is 24.8. The highest BCUT2D eigenvalue weighted by atomic mass is 16.5. The van der Waals surface area contributed by atoms with Crippen molar-refractivity contribution in [3.8, 4) is 0 Å². The van der Waals surface area contributed by atoms with Crippen molar-refractivity contribution in [3.63, 3.8) is 0 Å². The Kier molecular flexibility index (Phi) is 4.22. The summed E-state index contributed by atoms with van der Waals surface area (Å²) in [6.45, 7) is 5.17. The van der Waals surface area contributed by atoms with Crippen molar-refractivity contribution in [1.82, 2.24) is 20.0 Å². The van der Waals surface area contributed by atoms with Crippen molar-refractivity contribution in [3.05, 3.63) is 35.4 Å². The number of carbonyl (C=O) groups excluding carboxylic acids is 2. The van der Waals surface area contributed by atoms with Gasteiger partial charge in [-0.3, -0.25) is 14.6 Å². The van der Waals surface area contributed by atoms with Gasteiger partial charge in [0.15, 0.2) is 0 Å². The average molecular weight is 346 g/mol. The van der Waals surface area contributed by atoms with Gasteiger partial charge >= 0.3 is 6.03 Å². The van der Waals surface area contributed by atoms with Gasteiger partial charge in [0.1, 0.15) is 11.8 Å². The van der Waals surface area contributed by atoms with E-state index < -0.39 is 6.04 Å². The van der Waals surface area contributed by atoms with Crippen LogP contribution in [0.15, 0.2) is 34.1 Å². The van der Waals surface area contributed by atoms with Crippen LogP contribution in [0.2, 0.25) is 0 Å². The van der Waals surface area contributed by atoms with Crippen LogP contribution in [0, 0.1) is 0 Å². The maximum Gasteiger partial charge on any atom is 0.322 e. The number of rotatable bonds is 4. The van der Waals surface area contributed by atoms with Gasteiger partial charge in [0.05, 0.1) is 37.3 Å². The molecule has 0 aromatic carbocycles. The third kappa shape index (κ3) is 2.91. The molecule has 4 rings (SSSR count). The molecule has 8 nitrogen and oxygen atoms in total. The van der Waals surface area contributed by atoms with Crippen LogP contribution in [0.25, 0.3) is 0 Å². The molecule has 1 fully saturated rings. The second kappa shape index (κ2) is 6.53. The molecule has 1 atom stereocenters. The SMILES string of the molecule is CN1C(=O)NC(c2ccco2)C2=C1CN(CCN1CCOCC1)C2=O. The second-order valence-electron chi connectivity index (χ2n) is 6.50. The van der Waals surface area contributed by atoms with E-state index >= 15 is 0 Å². The van der Waals surface area contributed by atoms with E-state index in [1.54, 1.807) is 25.4 Å². The number of nitrogens with one attached hydrogen (secondary N) is 1. The molecule has 0 bridgehead atoms. The number of likely N-dealkylation sites (N-methyl/N-ethyl adjacent to an activating group) is 1. The third-order valence-electron chi connectivity index (χ3n) is 5.05. The van der Waals surface area contributed by atoms with Gasteiger partial charge in [0, 0.05) is 33.2 Å². The monoisotopic (exact) mass is 346 g/mol. The van der Waals surface area contributed by atoms with Crippen molar-refractivity contribution >= 4 is 11.9 Å². The zero-order chi connectivity index (χ0) is 17.4. The van der Waals surface area contributed by atoms with Crippen LogP contribution in [-0.4, -0.2) is 79.6 Å². The molecule has 1 aromatic rings. The standard InChI is InChI=1S/C17H22N4O4/c1-19-12-11-21(5-4-20-6-9-24-10-7-20)16(22)14(12)15(18-17(19)23)13-3-2-8-25-13/h2-3,8,15H,4-7,9-11H2,1H3,(H,18,23). The summed E-state index contributed by atoms with van der Waals surface area (Å²) in [5, 5.41) is 2.86. The fourth-order valence-electron chi connectivity index (χ4n) is 3.56. The molecule has 134 valence electrons. The highest BCUT2D eigenvalue weighted by Crippen LogP contribution is 2.35. The summed E-state index contributed by atoms with van der Waals surface area (Å²) in [6.07, 6.45) is 1.55. The fourth-order valence-corrected chi connectivity index (χ4v) is 3.56. The Morgan fingerprint density at radius 1 is 1.24 bits per heavy atom. The van der Waals surface area contributed by atoms with Crippen LogP contribution in [0.4, 0.5) is 4.79 Å². The highest BCUT2D eigenvalue weighted by molar-refractivity contribution is 6.01. The zero-order valence-electron chi connectivity index (χ0n) is 14.2. The maximum absolute atomic E-state index is 13.0. The van der Waals surface area contributed by atoms with Crippen LogP contribution in [0.5, 0.6) is 0 Å². The molecule has 0 radical (unpaired) electrons. The van der Waals surface area contributed by atoms with Crippen LogP contribution in [-0.2, 0) is 9.53 Å². The minimum atomic E-state index is -0.519. The zero-order valence-corrected chi connectivity index (χ0v) is 14.2. The first-order valence-electron chi connectivity index (χ1n) is 8.55. The molecule has 8 heteroatoms. The molecular weight excluding hydrogens is 324 g/mol. The summed E-state index contributed by atoms with van der Waals surface area (Å²) in [5.74, 6) is 0.550. The summed E-state index contributed by atoms with van der Waals surface area (Å²) in [5.41, 5.74) is 1.37. The van der Waals surface area contributed by atoms with Crippen molar-refractivity contribution in [2.75, 3.05) is 53.0 Å². The van der Waals surface area contributed by atoms with E-state index in [0.29, 0.717) is 24.4 Å². The van der Waals surface area contributed by atoms with Gasteiger partial charge in [0.25, 0.3) is 5.91 Å². The van der Waals surface area contributed by atoms with E-state index in [9.17, 15) is 9.59 Å². The molecule has 1 aromatic heterocycles. The summed E-state index contributed by atoms with van der Waals surface area (Å²) < 4.78 is 10.8. The second-order valence-corrected chi connectivity index (χ2v) is 6.50.